The van der Waals surface area contributed by atoms with E-state index < -0.39 is 5.82 Å². The van der Waals surface area contributed by atoms with Gasteiger partial charge >= 0.3 is 0 Å². The average molecular weight is 341 g/mol. The Morgan fingerprint density at radius 1 is 1.17 bits per heavy atom. The number of thiazole rings is 1. The molecule has 0 unspecified atom stereocenters. The van der Waals surface area contributed by atoms with Crippen LogP contribution in [0, 0.1) is 12.7 Å². The van der Waals surface area contributed by atoms with Crippen molar-refractivity contribution in [2.75, 3.05) is 5.32 Å². The van der Waals surface area contributed by atoms with Gasteiger partial charge in [0.25, 0.3) is 5.91 Å². The minimum Gasteiger partial charge on any atom is -0.319 e. The molecule has 0 bridgehead atoms. The molecule has 0 spiro atoms. The maximum absolute atomic E-state index is 13.6. The molecule has 122 valence electrons. The van der Waals surface area contributed by atoms with Crippen molar-refractivity contribution in [3.05, 3.63) is 75.8 Å². The molecule has 1 amide bonds. The minimum atomic E-state index is -0.455. The van der Waals surface area contributed by atoms with E-state index in [1.807, 2.05) is 18.2 Å². The zero-order valence-corrected chi connectivity index (χ0v) is 13.9. The number of nitrogens with one attached hydrogen (secondary N) is 1. The van der Waals surface area contributed by atoms with Crippen molar-refractivity contribution in [2.45, 2.75) is 19.8 Å². The van der Waals surface area contributed by atoms with Gasteiger partial charge in [-0.1, -0.05) is 18.2 Å². The second-order valence-electron chi connectivity index (χ2n) is 5.28. The molecule has 0 saturated carbocycles. The molecule has 3 rings (SSSR count). The van der Waals surface area contributed by atoms with Gasteiger partial charge in [-0.2, -0.15) is 0 Å². The Bertz CT molecular complexity index is 848. The molecule has 0 saturated heterocycles. The van der Waals surface area contributed by atoms with Crippen molar-refractivity contribution in [1.29, 1.82) is 0 Å². The maximum atomic E-state index is 13.6. The normalized spacial score (nSPS) is 10.6. The molecule has 4 nitrogen and oxygen atoms in total. The first-order valence-corrected chi connectivity index (χ1v) is 8.37. The quantitative estimate of drug-likeness (QED) is 0.762. The number of benzene rings is 1. The number of hydrogen-bond donors (Lipinski definition) is 1. The van der Waals surface area contributed by atoms with Crippen LogP contribution in [0.4, 0.5) is 10.1 Å². The van der Waals surface area contributed by atoms with E-state index in [0.717, 1.165) is 23.5 Å². The zero-order valence-electron chi connectivity index (χ0n) is 13.1. The molecule has 3 aromatic rings. The number of para-hydroxylation sites is 1. The third kappa shape index (κ3) is 3.83. The number of amides is 1. The molecule has 0 atom stereocenters. The minimum absolute atomic E-state index is 0.172. The van der Waals surface area contributed by atoms with Crippen molar-refractivity contribution in [3.8, 4) is 0 Å². The highest BCUT2D eigenvalue weighted by molar-refractivity contribution is 7.13. The summed E-state index contributed by atoms with van der Waals surface area (Å²) >= 11 is 1.34. The van der Waals surface area contributed by atoms with E-state index in [1.165, 1.54) is 23.5 Å². The van der Waals surface area contributed by atoms with E-state index >= 15 is 0 Å². The summed E-state index contributed by atoms with van der Waals surface area (Å²) in [5.74, 6) is -0.789. The predicted octanol–water partition coefficient (Wildman–Crippen LogP) is 4.02. The lowest BCUT2D eigenvalue weighted by atomic mass is 10.2. The maximum Gasteiger partial charge on any atom is 0.267 e. The summed E-state index contributed by atoms with van der Waals surface area (Å²) in [6.45, 7) is 1.79. The van der Waals surface area contributed by atoms with Gasteiger partial charge in [0, 0.05) is 18.3 Å². The summed E-state index contributed by atoms with van der Waals surface area (Å²) < 4.78 is 13.6. The molecular weight excluding hydrogens is 325 g/mol. The Kier molecular flexibility index (Phi) is 4.96. The fraction of sp³-hybridized carbons (Fsp3) is 0.167. The summed E-state index contributed by atoms with van der Waals surface area (Å²) in [4.78, 5) is 21.6. The number of nitrogens with zero attached hydrogens (tertiary/aromatic N) is 2. The molecule has 0 radical (unpaired) electrons. The third-order valence-corrected chi connectivity index (χ3v) is 4.71. The van der Waals surface area contributed by atoms with Crippen LogP contribution in [0.15, 0.2) is 48.7 Å². The monoisotopic (exact) mass is 341 g/mol. The summed E-state index contributed by atoms with van der Waals surface area (Å²) in [6.07, 6.45) is 3.24. The SMILES string of the molecule is Cc1nc(CCc2ccccn2)sc1C(=O)Nc1ccccc1F. The number of aryl methyl sites for hydroxylation is 3. The summed E-state index contributed by atoms with van der Waals surface area (Å²) in [6, 6.07) is 11.9. The average Bonchev–Trinajstić information content (AvgIpc) is 2.97. The first-order chi connectivity index (χ1) is 11.6. The third-order valence-electron chi connectivity index (χ3n) is 3.49. The fourth-order valence-electron chi connectivity index (χ4n) is 2.29. The summed E-state index contributed by atoms with van der Waals surface area (Å²) in [7, 11) is 0. The molecule has 2 aromatic heterocycles. The standard InChI is InChI=1S/C18H16FN3OS/c1-12-17(18(23)22-15-8-3-2-7-14(15)19)24-16(21-12)10-9-13-6-4-5-11-20-13/h2-8,11H,9-10H2,1H3,(H,22,23). The van der Waals surface area contributed by atoms with Crippen LogP contribution in [0.2, 0.25) is 0 Å². The van der Waals surface area contributed by atoms with Gasteiger partial charge in [0.15, 0.2) is 0 Å². The van der Waals surface area contributed by atoms with E-state index in [0.29, 0.717) is 10.6 Å². The summed E-state index contributed by atoms with van der Waals surface area (Å²) in [5.41, 5.74) is 1.82. The number of carbonyl (C=O) groups is 1. The Morgan fingerprint density at radius 3 is 2.71 bits per heavy atom. The highest BCUT2D eigenvalue weighted by Gasteiger charge is 2.16. The zero-order chi connectivity index (χ0) is 16.9. The van der Waals surface area contributed by atoms with Crippen molar-refractivity contribution >= 4 is 22.9 Å². The highest BCUT2D eigenvalue weighted by atomic mass is 32.1. The molecule has 1 N–H and O–H groups in total. The number of anilines is 1. The van der Waals surface area contributed by atoms with Crippen LogP contribution in [0.5, 0.6) is 0 Å². The van der Waals surface area contributed by atoms with Gasteiger partial charge in [-0.3, -0.25) is 9.78 Å². The van der Waals surface area contributed by atoms with Crippen LogP contribution in [0.3, 0.4) is 0 Å². The van der Waals surface area contributed by atoms with Crippen LogP contribution in [-0.2, 0) is 12.8 Å². The molecule has 24 heavy (non-hydrogen) atoms. The molecular formula is C18H16FN3OS. The van der Waals surface area contributed by atoms with Gasteiger partial charge in [-0.05, 0) is 37.6 Å². The molecule has 0 aliphatic rings. The molecule has 0 fully saturated rings. The van der Waals surface area contributed by atoms with Crippen LogP contribution in [0.25, 0.3) is 0 Å². The number of halogens is 1. The van der Waals surface area contributed by atoms with E-state index in [2.05, 4.69) is 15.3 Å². The Labute approximate surface area is 143 Å². The second-order valence-corrected chi connectivity index (χ2v) is 6.36. The Morgan fingerprint density at radius 2 is 1.96 bits per heavy atom. The lowest BCUT2D eigenvalue weighted by molar-refractivity contribution is 0.102. The Hall–Kier alpha value is -2.60. The van der Waals surface area contributed by atoms with Crippen molar-refractivity contribution in [1.82, 2.24) is 9.97 Å². The van der Waals surface area contributed by atoms with Crippen LogP contribution in [-0.4, -0.2) is 15.9 Å². The highest BCUT2D eigenvalue weighted by Crippen LogP contribution is 2.22. The Balaban J connectivity index is 1.69. The van der Waals surface area contributed by atoms with Crippen LogP contribution < -0.4 is 5.32 Å². The van der Waals surface area contributed by atoms with Gasteiger partial charge in [0.2, 0.25) is 0 Å². The first-order valence-electron chi connectivity index (χ1n) is 7.55. The molecule has 1 aromatic carbocycles. The summed E-state index contributed by atoms with van der Waals surface area (Å²) in [5, 5.41) is 3.47. The molecule has 0 aliphatic carbocycles. The largest absolute Gasteiger partial charge is 0.319 e. The lowest BCUT2D eigenvalue weighted by Crippen LogP contribution is -2.12. The number of carbonyl (C=O) groups excluding carboxylic acids is 1. The second kappa shape index (κ2) is 7.31. The van der Waals surface area contributed by atoms with Crippen molar-refractivity contribution in [2.24, 2.45) is 0 Å². The lowest BCUT2D eigenvalue weighted by Gasteiger charge is -2.04. The van der Waals surface area contributed by atoms with Gasteiger partial charge in [-0.25, -0.2) is 9.37 Å². The van der Waals surface area contributed by atoms with E-state index in [4.69, 9.17) is 0 Å². The van der Waals surface area contributed by atoms with Crippen molar-refractivity contribution in [3.63, 3.8) is 0 Å². The predicted molar refractivity (Wildman–Crippen MR) is 92.8 cm³/mol. The van der Waals surface area contributed by atoms with E-state index in [9.17, 15) is 9.18 Å². The van der Waals surface area contributed by atoms with E-state index in [-0.39, 0.29) is 11.6 Å². The van der Waals surface area contributed by atoms with E-state index in [1.54, 1.807) is 25.3 Å². The number of hydrogen-bond acceptors (Lipinski definition) is 4. The molecule has 6 heteroatoms. The fourth-order valence-corrected chi connectivity index (χ4v) is 3.25. The topological polar surface area (TPSA) is 54.9 Å². The smallest absolute Gasteiger partial charge is 0.267 e. The van der Waals surface area contributed by atoms with Gasteiger partial charge in [-0.15, -0.1) is 11.3 Å². The number of aromatic nitrogens is 2. The van der Waals surface area contributed by atoms with Crippen LogP contribution >= 0.6 is 11.3 Å². The molecule has 2 heterocycles. The van der Waals surface area contributed by atoms with Crippen molar-refractivity contribution < 1.29 is 9.18 Å². The number of pyridine rings is 1. The van der Waals surface area contributed by atoms with Crippen LogP contribution in [0.1, 0.15) is 26.1 Å². The first kappa shape index (κ1) is 16.3. The number of rotatable bonds is 5. The van der Waals surface area contributed by atoms with Gasteiger partial charge < -0.3 is 5.32 Å². The van der Waals surface area contributed by atoms with Gasteiger partial charge in [0.1, 0.15) is 10.7 Å². The van der Waals surface area contributed by atoms with Gasteiger partial charge in [0.05, 0.1) is 16.4 Å². The molecule has 0 aliphatic heterocycles.